The largest absolute Gasteiger partial charge is 1.00 e. The molecule has 0 radical (unpaired) electrons. The van der Waals surface area contributed by atoms with Crippen molar-refractivity contribution in [2.45, 2.75) is 135 Å². The molecule has 2 unspecified atom stereocenters. The summed E-state index contributed by atoms with van der Waals surface area (Å²) in [7, 11) is -0.338. The van der Waals surface area contributed by atoms with E-state index in [0.29, 0.717) is 13.9 Å². The zero-order chi connectivity index (χ0) is 28.8. The van der Waals surface area contributed by atoms with Crippen LogP contribution in [0.1, 0.15) is 135 Å². The van der Waals surface area contributed by atoms with Crippen molar-refractivity contribution in [3.63, 3.8) is 0 Å². The minimum atomic E-state index is -0.924. The SMILES string of the molecule is CC(C)(C)P(C1=Cc2ccccc2[CH]1[Zr+2][CH]1C(P(C2CCCCC2)C2CCCCC2)=Cc2ccccc21)C(C)(C)C.[Cl-].[Cl-]. The molecular weight excluding hydrogens is 680 g/mol. The molecule has 5 heteroatoms. The number of rotatable bonds is 6. The third-order valence-electron chi connectivity index (χ3n) is 9.98. The van der Waals surface area contributed by atoms with Gasteiger partial charge in [-0.05, 0) is 0 Å². The summed E-state index contributed by atoms with van der Waals surface area (Å²) in [5.41, 5.74) is 8.48. The van der Waals surface area contributed by atoms with Crippen LogP contribution in [-0.4, -0.2) is 21.6 Å². The predicted molar refractivity (Wildman–Crippen MR) is 181 cm³/mol. The van der Waals surface area contributed by atoms with Gasteiger partial charge in [-0.2, -0.15) is 0 Å². The van der Waals surface area contributed by atoms with Gasteiger partial charge in [0.15, 0.2) is 0 Å². The fourth-order valence-corrected chi connectivity index (χ4v) is 24.2. The Morgan fingerprint density at radius 3 is 1.40 bits per heavy atom. The summed E-state index contributed by atoms with van der Waals surface area (Å²) in [5.74, 6) is 0. The molecule has 232 valence electrons. The molecule has 6 rings (SSSR count). The van der Waals surface area contributed by atoms with Crippen LogP contribution < -0.4 is 24.8 Å². The molecule has 0 saturated heterocycles. The first-order chi connectivity index (χ1) is 19.6. The predicted octanol–water partition coefficient (Wildman–Crippen LogP) is 6.49. The van der Waals surface area contributed by atoms with Gasteiger partial charge in [0.2, 0.25) is 0 Å². The number of benzene rings is 2. The van der Waals surface area contributed by atoms with E-state index in [1.165, 1.54) is 69.8 Å². The van der Waals surface area contributed by atoms with Crippen molar-refractivity contribution in [2.75, 3.05) is 0 Å². The van der Waals surface area contributed by atoms with Crippen LogP contribution in [0, 0.1) is 0 Å². The van der Waals surface area contributed by atoms with Crippen LogP contribution in [0.4, 0.5) is 0 Å². The summed E-state index contributed by atoms with van der Waals surface area (Å²) < 4.78 is 1.45. The van der Waals surface area contributed by atoms with Gasteiger partial charge in [-0.3, -0.25) is 0 Å². The van der Waals surface area contributed by atoms with Crippen LogP contribution in [0.15, 0.2) is 59.2 Å². The van der Waals surface area contributed by atoms with Gasteiger partial charge >= 0.3 is 267 Å². The molecule has 2 atom stereocenters. The van der Waals surface area contributed by atoms with Gasteiger partial charge < -0.3 is 24.8 Å². The summed E-state index contributed by atoms with van der Waals surface area (Å²) in [5, 5.41) is 4.44. The maximum Gasteiger partial charge on any atom is -1.00 e. The smallest absolute Gasteiger partial charge is 1.00 e. The zero-order valence-electron chi connectivity index (χ0n) is 27.3. The van der Waals surface area contributed by atoms with Crippen molar-refractivity contribution in [3.8, 4) is 0 Å². The molecule has 4 aliphatic rings. The van der Waals surface area contributed by atoms with E-state index in [-0.39, 0.29) is 40.7 Å². The van der Waals surface area contributed by atoms with Gasteiger partial charge in [0, 0.05) is 0 Å². The molecule has 0 bridgehead atoms. The van der Waals surface area contributed by atoms with Gasteiger partial charge in [-0.1, -0.05) is 0 Å². The van der Waals surface area contributed by atoms with Crippen LogP contribution in [0.3, 0.4) is 0 Å². The average Bonchev–Trinajstić information content (AvgIpc) is 3.47. The Labute approximate surface area is 290 Å². The van der Waals surface area contributed by atoms with Gasteiger partial charge in [-0.15, -0.1) is 0 Å². The Morgan fingerprint density at radius 2 is 0.953 bits per heavy atom. The Morgan fingerprint density at radius 1 is 0.558 bits per heavy atom. The van der Waals surface area contributed by atoms with Crippen molar-refractivity contribution in [2.24, 2.45) is 0 Å². The number of allylic oxidation sites excluding steroid dienone is 2. The van der Waals surface area contributed by atoms with Crippen molar-refractivity contribution in [1.82, 2.24) is 0 Å². The Hall–Kier alpha value is 0.243. The van der Waals surface area contributed by atoms with Crippen LogP contribution in [0.5, 0.6) is 0 Å². The molecule has 0 amide bonds. The molecule has 43 heavy (non-hydrogen) atoms. The summed E-state index contributed by atoms with van der Waals surface area (Å²) in [6.07, 6.45) is 20.4. The Balaban J connectivity index is 0.00000212. The second-order valence-electron chi connectivity index (χ2n) is 15.1. The first-order valence-corrected chi connectivity index (χ1v) is 22.2. The first-order valence-electron chi connectivity index (χ1n) is 16.6. The van der Waals surface area contributed by atoms with E-state index in [1.807, 2.05) is 10.6 Å². The van der Waals surface area contributed by atoms with E-state index in [4.69, 9.17) is 0 Å². The summed E-state index contributed by atoms with van der Waals surface area (Å²) >= 11 is -0.924. The quantitative estimate of drug-likeness (QED) is 0.298. The molecule has 0 heterocycles. The Bertz CT molecular complexity index is 1260. The summed E-state index contributed by atoms with van der Waals surface area (Å²) in [6.45, 7) is 15.2. The molecule has 0 spiro atoms. The molecule has 2 fully saturated rings. The Kier molecular flexibility index (Phi) is 12.6. The summed E-state index contributed by atoms with van der Waals surface area (Å²) in [4.78, 5) is 0. The molecule has 2 aromatic rings. The van der Waals surface area contributed by atoms with Crippen molar-refractivity contribution in [3.05, 3.63) is 81.4 Å². The molecule has 0 aromatic heterocycles. The van der Waals surface area contributed by atoms with Crippen LogP contribution in [-0.2, 0) is 23.2 Å². The molecular formula is C38H52Cl2P2Zr. The monoisotopic (exact) mass is 730 g/mol. The molecule has 0 aliphatic heterocycles. The maximum absolute atomic E-state index is 2.79. The van der Waals surface area contributed by atoms with Gasteiger partial charge in [0.25, 0.3) is 0 Å². The van der Waals surface area contributed by atoms with E-state index >= 15 is 0 Å². The van der Waals surface area contributed by atoms with Gasteiger partial charge in [0.05, 0.1) is 0 Å². The fraction of sp³-hybridized carbons (Fsp3) is 0.579. The molecule has 0 N–H and O–H groups in total. The standard InChI is InChI=1S/C21H28P.C17H24P.2ClH.Zr/c1-3-11-19(12-4-1)22(20-13-5-2-6-14-20)21-15-17-9-7-8-10-18(17)16-21;1-16(2,3)18(17(4,5)6)15-11-13-9-7-8-10-14(13)12-15;;;/h7-10,15-16,19-20H,1-6,11-14H2;7-12H,1-6H3;2*1H;/q;;;;+2/p-2. The third kappa shape index (κ3) is 7.70. The maximum atomic E-state index is 2.79. The molecule has 0 nitrogen and oxygen atoms in total. The van der Waals surface area contributed by atoms with Crippen molar-refractivity contribution in [1.29, 1.82) is 0 Å². The van der Waals surface area contributed by atoms with E-state index < -0.39 is 23.2 Å². The second kappa shape index (κ2) is 15.0. The molecule has 2 saturated carbocycles. The fourth-order valence-electron chi connectivity index (χ4n) is 8.77. The van der Waals surface area contributed by atoms with Crippen LogP contribution >= 0.6 is 15.8 Å². The third-order valence-corrected chi connectivity index (χ3v) is 23.0. The number of fused-ring (bicyclic) bond motifs is 2. The van der Waals surface area contributed by atoms with Crippen LogP contribution in [0.25, 0.3) is 12.2 Å². The number of hydrogen-bond acceptors (Lipinski definition) is 0. The normalized spacial score (nSPS) is 22.7. The topological polar surface area (TPSA) is 0 Å². The second-order valence-corrected chi connectivity index (χ2v) is 25.4. The summed E-state index contributed by atoms with van der Waals surface area (Å²) in [6, 6.07) is 19.2. The van der Waals surface area contributed by atoms with Crippen molar-refractivity contribution < 1.29 is 48.0 Å². The number of hydrogen-bond donors (Lipinski definition) is 0. The minimum Gasteiger partial charge on any atom is -1.00 e. The van der Waals surface area contributed by atoms with E-state index in [2.05, 4.69) is 102 Å². The van der Waals surface area contributed by atoms with Crippen LogP contribution in [0.2, 0.25) is 0 Å². The minimum absolute atomic E-state index is 0. The van der Waals surface area contributed by atoms with Crippen molar-refractivity contribution >= 4 is 28.0 Å². The van der Waals surface area contributed by atoms with Gasteiger partial charge in [0.1, 0.15) is 0 Å². The van der Waals surface area contributed by atoms with E-state index in [1.54, 1.807) is 16.7 Å². The van der Waals surface area contributed by atoms with E-state index in [9.17, 15) is 0 Å². The molecule has 4 aliphatic carbocycles. The first kappa shape index (κ1) is 36.1. The van der Waals surface area contributed by atoms with Gasteiger partial charge in [-0.25, -0.2) is 0 Å². The van der Waals surface area contributed by atoms with E-state index in [0.717, 1.165) is 14.9 Å². The zero-order valence-corrected chi connectivity index (χ0v) is 33.1. The molecule has 2 aromatic carbocycles. The average molecular weight is 733 g/mol. The number of halogens is 2.